The van der Waals surface area contributed by atoms with Crippen LogP contribution < -0.4 is 32.9 Å². The zero-order chi connectivity index (χ0) is 16.9. The Morgan fingerprint density at radius 2 is 1.62 bits per heavy atom. The number of hydrogen-bond donors (Lipinski definition) is 4. The highest BCUT2D eigenvalue weighted by Gasteiger charge is 2.06. The van der Waals surface area contributed by atoms with Crippen molar-refractivity contribution >= 4 is 29.5 Å². The molecule has 0 radical (unpaired) electrons. The van der Waals surface area contributed by atoms with Crippen molar-refractivity contribution in [2.75, 3.05) is 31.9 Å². The monoisotopic (exact) mass is 419 g/mol. The summed E-state index contributed by atoms with van der Waals surface area (Å²) in [6.07, 6.45) is 0. The van der Waals surface area contributed by atoms with Crippen molar-refractivity contribution in [3.8, 4) is 0 Å². The Morgan fingerprint density at radius 1 is 1.00 bits per heavy atom. The zero-order valence-corrected chi connectivity index (χ0v) is 15.6. The van der Waals surface area contributed by atoms with Gasteiger partial charge in [0.25, 0.3) is 5.91 Å². The number of hydrogen-bond acceptors (Lipinski definition) is 4. The van der Waals surface area contributed by atoms with Crippen molar-refractivity contribution in [3.05, 3.63) is 35.9 Å². The van der Waals surface area contributed by atoms with Crippen LogP contribution in [0, 0.1) is 0 Å². The van der Waals surface area contributed by atoms with Crippen LogP contribution in [0.3, 0.4) is 0 Å². The van der Waals surface area contributed by atoms with E-state index in [1.807, 2.05) is 30.3 Å². The molecule has 0 spiro atoms. The number of carboxylic acid groups (broad SMARTS) is 1. The molecule has 9 heteroatoms. The van der Waals surface area contributed by atoms with Crippen molar-refractivity contribution in [2.45, 2.75) is 5.75 Å². The highest BCUT2D eigenvalue weighted by molar-refractivity contribution is 7.99. The summed E-state index contributed by atoms with van der Waals surface area (Å²) in [5, 5.41) is 15.2. The minimum atomic E-state index is -0.960. The number of carbonyl (C=O) groups excluding carboxylic acids is 2. The van der Waals surface area contributed by atoms with Crippen molar-refractivity contribution in [2.24, 2.45) is 0 Å². The molecule has 0 fully saturated rings. The fourth-order valence-electron chi connectivity index (χ4n) is 1.69. The van der Waals surface area contributed by atoms with E-state index in [0.717, 1.165) is 5.75 Å². The van der Waals surface area contributed by atoms with Crippen LogP contribution in [-0.4, -0.2) is 54.8 Å². The molecule has 24 heavy (non-hydrogen) atoms. The highest BCUT2D eigenvalue weighted by Crippen LogP contribution is 2.10. The zero-order valence-electron chi connectivity index (χ0n) is 13.2. The summed E-state index contributed by atoms with van der Waals surface area (Å²) in [4.78, 5) is 33.2. The van der Waals surface area contributed by atoms with Gasteiger partial charge >= 0.3 is 5.97 Å². The number of aliphatic carboxylic acids is 1. The third-order valence-corrected chi connectivity index (χ3v) is 3.77. The smallest absolute Gasteiger partial charge is 0.359 e. The van der Waals surface area contributed by atoms with Gasteiger partial charge in [-0.15, -0.1) is 11.8 Å². The molecule has 0 unspecified atom stereocenters. The van der Waals surface area contributed by atoms with E-state index in [-0.39, 0.29) is 41.9 Å². The molecule has 0 aliphatic heterocycles. The van der Waals surface area contributed by atoms with E-state index in [0.29, 0.717) is 18.8 Å². The molecular weight excluding hydrogens is 398 g/mol. The first-order valence-electron chi connectivity index (χ1n) is 7.26. The van der Waals surface area contributed by atoms with Gasteiger partial charge in [-0.2, -0.15) is 0 Å². The van der Waals surface area contributed by atoms with Crippen LogP contribution in [0.25, 0.3) is 0 Å². The lowest BCUT2D eigenvalue weighted by Gasteiger charge is -2.06. The molecule has 0 aliphatic carbocycles. The van der Waals surface area contributed by atoms with Crippen molar-refractivity contribution in [3.63, 3.8) is 0 Å². The Labute approximate surface area is 155 Å². The van der Waals surface area contributed by atoms with Gasteiger partial charge in [0.05, 0.1) is 5.75 Å². The number of amides is 2. The maximum atomic E-state index is 11.6. The number of nitrogens with one attached hydrogen (secondary N) is 2. The SMILES string of the molecule is O=C(O)C[NH2+]CC(=O)NCCNC(=O)CSCc1ccccc1.[Br-]. The molecule has 134 valence electrons. The number of thioether (sulfide) groups is 1. The first-order valence-corrected chi connectivity index (χ1v) is 8.42. The van der Waals surface area contributed by atoms with E-state index in [2.05, 4.69) is 10.6 Å². The molecule has 1 rings (SSSR count). The van der Waals surface area contributed by atoms with Gasteiger partial charge in [0, 0.05) is 18.8 Å². The van der Waals surface area contributed by atoms with Gasteiger partial charge in [0.2, 0.25) is 5.91 Å². The number of nitrogens with two attached hydrogens (primary N) is 1. The lowest BCUT2D eigenvalue weighted by Crippen LogP contribution is -3.00. The second kappa shape index (κ2) is 13.8. The van der Waals surface area contributed by atoms with Gasteiger partial charge in [-0.05, 0) is 5.56 Å². The quantitative estimate of drug-likeness (QED) is 0.272. The number of carboxylic acids is 1. The summed E-state index contributed by atoms with van der Waals surface area (Å²) >= 11 is 1.53. The molecule has 0 saturated carbocycles. The van der Waals surface area contributed by atoms with Crippen LogP contribution in [0.15, 0.2) is 30.3 Å². The molecule has 0 saturated heterocycles. The van der Waals surface area contributed by atoms with Crippen molar-refractivity contribution in [1.29, 1.82) is 0 Å². The molecule has 0 aliphatic rings. The molecule has 2 amide bonds. The summed E-state index contributed by atoms with van der Waals surface area (Å²) in [7, 11) is 0. The largest absolute Gasteiger partial charge is 1.00 e. The fourth-order valence-corrected chi connectivity index (χ4v) is 2.51. The molecule has 1 aromatic rings. The number of rotatable bonds is 11. The fraction of sp³-hybridized carbons (Fsp3) is 0.400. The van der Waals surface area contributed by atoms with Crippen LogP contribution in [0.5, 0.6) is 0 Å². The molecule has 0 heterocycles. The second-order valence-electron chi connectivity index (χ2n) is 4.77. The summed E-state index contributed by atoms with van der Waals surface area (Å²) in [6, 6.07) is 9.91. The van der Waals surface area contributed by atoms with Gasteiger partial charge in [-0.3, -0.25) is 9.59 Å². The van der Waals surface area contributed by atoms with E-state index >= 15 is 0 Å². The first kappa shape index (κ1) is 22.4. The number of carbonyl (C=O) groups is 3. The third-order valence-electron chi connectivity index (χ3n) is 2.76. The van der Waals surface area contributed by atoms with Crippen LogP contribution >= 0.6 is 11.8 Å². The van der Waals surface area contributed by atoms with Gasteiger partial charge < -0.3 is 38.0 Å². The Bertz CT molecular complexity index is 517. The molecule has 0 aromatic heterocycles. The summed E-state index contributed by atoms with van der Waals surface area (Å²) in [5.41, 5.74) is 1.18. The second-order valence-corrected chi connectivity index (χ2v) is 5.75. The van der Waals surface area contributed by atoms with Gasteiger partial charge in [0.15, 0.2) is 13.1 Å². The Kier molecular flexibility index (Phi) is 12.9. The first-order chi connectivity index (χ1) is 11.1. The average molecular weight is 420 g/mol. The predicted molar refractivity (Wildman–Crippen MR) is 87.9 cm³/mol. The standard InChI is InChI=1S/C15H21N3O4S.BrH/c19-13(8-16-9-15(21)22)17-6-7-18-14(20)11-23-10-12-4-2-1-3-5-12;/h1-5,16H,6-11H2,(H,17,19)(H,18,20)(H,21,22);1H. The summed E-state index contributed by atoms with van der Waals surface area (Å²) in [6.45, 7) is 0.611. The van der Waals surface area contributed by atoms with Crippen LogP contribution in [0.2, 0.25) is 0 Å². The molecule has 7 nitrogen and oxygen atoms in total. The lowest BCUT2D eigenvalue weighted by atomic mass is 10.2. The van der Waals surface area contributed by atoms with Crippen LogP contribution in [0.1, 0.15) is 5.56 Å². The van der Waals surface area contributed by atoms with Crippen LogP contribution in [-0.2, 0) is 20.1 Å². The predicted octanol–water partition coefficient (Wildman–Crippen LogP) is -4.20. The number of quaternary nitrogens is 1. The molecular formula is C15H22BrN3O4S. The van der Waals surface area contributed by atoms with E-state index < -0.39 is 5.97 Å². The maximum Gasteiger partial charge on any atom is 0.359 e. The topological polar surface area (TPSA) is 112 Å². The molecule has 0 bridgehead atoms. The van der Waals surface area contributed by atoms with Crippen LogP contribution in [0.4, 0.5) is 0 Å². The van der Waals surface area contributed by atoms with Gasteiger partial charge in [-0.1, -0.05) is 30.3 Å². The Morgan fingerprint density at radius 3 is 2.25 bits per heavy atom. The van der Waals surface area contributed by atoms with E-state index in [1.54, 1.807) is 0 Å². The minimum Gasteiger partial charge on any atom is -1.00 e. The minimum absolute atomic E-state index is 0. The summed E-state index contributed by atoms with van der Waals surface area (Å²) < 4.78 is 0. The molecule has 5 N–H and O–H groups in total. The summed E-state index contributed by atoms with van der Waals surface area (Å²) in [5.74, 6) is -0.130. The maximum absolute atomic E-state index is 11.6. The Hall–Kier alpha value is -1.58. The number of benzene rings is 1. The van der Waals surface area contributed by atoms with Gasteiger partial charge in [-0.25, -0.2) is 4.79 Å². The average Bonchev–Trinajstić information content (AvgIpc) is 2.52. The molecule has 1 aromatic carbocycles. The van der Waals surface area contributed by atoms with Gasteiger partial charge in [0.1, 0.15) is 0 Å². The Balaban J connectivity index is 0.00000529. The molecule has 0 atom stereocenters. The van der Waals surface area contributed by atoms with Crippen molar-refractivity contribution in [1.82, 2.24) is 10.6 Å². The van der Waals surface area contributed by atoms with E-state index in [4.69, 9.17) is 5.11 Å². The van der Waals surface area contributed by atoms with E-state index in [9.17, 15) is 14.4 Å². The lowest BCUT2D eigenvalue weighted by molar-refractivity contribution is -0.634. The van der Waals surface area contributed by atoms with E-state index in [1.165, 1.54) is 22.6 Å². The third kappa shape index (κ3) is 11.9. The number of halogens is 1. The van der Waals surface area contributed by atoms with Crippen molar-refractivity contribution < 1.29 is 41.8 Å². The normalized spacial score (nSPS) is 9.67. The highest BCUT2D eigenvalue weighted by atomic mass is 79.9.